The summed E-state index contributed by atoms with van der Waals surface area (Å²) in [4.78, 5) is 14.4. The van der Waals surface area contributed by atoms with Gasteiger partial charge in [0.15, 0.2) is 0 Å². The molecule has 21 heavy (non-hydrogen) atoms. The molecule has 1 aromatic rings. The average molecular weight is 295 g/mol. The predicted molar refractivity (Wildman–Crippen MR) is 86.1 cm³/mol. The molecule has 1 aromatic heterocycles. The van der Waals surface area contributed by atoms with Gasteiger partial charge in [-0.25, -0.2) is 0 Å². The Kier molecular flexibility index (Phi) is 6.36. The van der Waals surface area contributed by atoms with Gasteiger partial charge in [-0.15, -0.1) is 0 Å². The first kappa shape index (κ1) is 17.7. The van der Waals surface area contributed by atoms with Crippen molar-refractivity contribution in [2.24, 2.45) is 11.1 Å². The fraction of sp³-hybridized carbons (Fsp3) is 0.733. The molecule has 120 valence electrons. The SMILES string of the molecule is CCN(CC)CCn1cc(NC(=O)[C@@H](N)C(C)(C)C)cn1. The number of hydrogen-bond donors (Lipinski definition) is 2. The molecule has 0 aliphatic carbocycles. The van der Waals surface area contributed by atoms with Crippen molar-refractivity contribution in [3.8, 4) is 0 Å². The number of anilines is 1. The lowest BCUT2D eigenvalue weighted by atomic mass is 9.87. The summed E-state index contributed by atoms with van der Waals surface area (Å²) < 4.78 is 1.84. The average Bonchev–Trinajstić information content (AvgIpc) is 2.85. The van der Waals surface area contributed by atoms with Crippen LogP contribution in [0.15, 0.2) is 12.4 Å². The molecule has 0 saturated heterocycles. The summed E-state index contributed by atoms with van der Waals surface area (Å²) in [6, 6.07) is -0.545. The highest BCUT2D eigenvalue weighted by Crippen LogP contribution is 2.18. The van der Waals surface area contributed by atoms with Gasteiger partial charge in [0, 0.05) is 12.7 Å². The number of rotatable bonds is 7. The third-order valence-corrected chi connectivity index (χ3v) is 3.66. The van der Waals surface area contributed by atoms with Gasteiger partial charge < -0.3 is 16.0 Å². The van der Waals surface area contributed by atoms with Gasteiger partial charge in [-0.1, -0.05) is 34.6 Å². The number of hydrogen-bond acceptors (Lipinski definition) is 4. The van der Waals surface area contributed by atoms with E-state index in [1.54, 1.807) is 6.20 Å². The van der Waals surface area contributed by atoms with Crippen molar-refractivity contribution in [1.82, 2.24) is 14.7 Å². The molecule has 0 aliphatic rings. The topological polar surface area (TPSA) is 76.2 Å². The Balaban J connectivity index is 2.54. The Morgan fingerprint density at radius 1 is 1.43 bits per heavy atom. The van der Waals surface area contributed by atoms with E-state index in [1.807, 2.05) is 31.6 Å². The lowest BCUT2D eigenvalue weighted by molar-refractivity contribution is -0.119. The van der Waals surface area contributed by atoms with Gasteiger partial charge in [-0.3, -0.25) is 9.48 Å². The van der Waals surface area contributed by atoms with Crippen molar-refractivity contribution in [3.05, 3.63) is 12.4 Å². The zero-order valence-corrected chi connectivity index (χ0v) is 13.9. The Morgan fingerprint density at radius 2 is 2.05 bits per heavy atom. The Hall–Kier alpha value is -1.40. The lowest BCUT2D eigenvalue weighted by Crippen LogP contribution is -2.45. The van der Waals surface area contributed by atoms with Crippen molar-refractivity contribution >= 4 is 11.6 Å². The van der Waals surface area contributed by atoms with Gasteiger partial charge in [-0.05, 0) is 18.5 Å². The van der Waals surface area contributed by atoms with E-state index in [1.165, 1.54) is 0 Å². The van der Waals surface area contributed by atoms with Crippen molar-refractivity contribution < 1.29 is 4.79 Å². The van der Waals surface area contributed by atoms with Crippen LogP contribution in [0.5, 0.6) is 0 Å². The van der Waals surface area contributed by atoms with Crippen LogP contribution in [0.1, 0.15) is 34.6 Å². The number of carbonyl (C=O) groups is 1. The second-order valence-corrected chi connectivity index (χ2v) is 6.35. The summed E-state index contributed by atoms with van der Waals surface area (Å²) in [5.41, 5.74) is 6.37. The fourth-order valence-corrected chi connectivity index (χ4v) is 1.95. The van der Waals surface area contributed by atoms with E-state index in [-0.39, 0.29) is 11.3 Å². The number of carbonyl (C=O) groups excluding carboxylic acids is 1. The standard InChI is InChI=1S/C15H29N5O/c1-6-19(7-2)8-9-20-11-12(10-17-20)18-14(21)13(16)15(3,4)5/h10-11,13H,6-9,16H2,1-5H3,(H,18,21)/t13-/m1/s1. The Morgan fingerprint density at radius 3 is 2.57 bits per heavy atom. The van der Waals surface area contributed by atoms with Gasteiger partial charge in [0.05, 0.1) is 24.5 Å². The van der Waals surface area contributed by atoms with Gasteiger partial charge in [-0.2, -0.15) is 5.10 Å². The number of aromatic nitrogens is 2. The summed E-state index contributed by atoms with van der Waals surface area (Å²) in [6.45, 7) is 14.0. The van der Waals surface area contributed by atoms with E-state index in [4.69, 9.17) is 5.73 Å². The highest BCUT2D eigenvalue weighted by Gasteiger charge is 2.27. The van der Waals surface area contributed by atoms with Crippen molar-refractivity contribution in [3.63, 3.8) is 0 Å². The van der Waals surface area contributed by atoms with Gasteiger partial charge in [0.2, 0.25) is 5.91 Å². The Labute approximate surface area is 127 Å². The van der Waals surface area contributed by atoms with Crippen LogP contribution in [0.25, 0.3) is 0 Å². The van der Waals surface area contributed by atoms with E-state index < -0.39 is 6.04 Å². The highest BCUT2D eigenvalue weighted by atomic mass is 16.2. The first-order valence-corrected chi connectivity index (χ1v) is 7.59. The van der Waals surface area contributed by atoms with Crippen LogP contribution in [0, 0.1) is 5.41 Å². The molecule has 0 spiro atoms. The van der Waals surface area contributed by atoms with Crippen molar-refractivity contribution in [2.45, 2.75) is 47.2 Å². The quantitative estimate of drug-likeness (QED) is 0.800. The zero-order valence-electron chi connectivity index (χ0n) is 13.9. The van der Waals surface area contributed by atoms with E-state index in [0.29, 0.717) is 5.69 Å². The van der Waals surface area contributed by atoms with Crippen molar-refractivity contribution in [1.29, 1.82) is 0 Å². The monoisotopic (exact) mass is 295 g/mol. The van der Waals surface area contributed by atoms with Crippen LogP contribution in [-0.2, 0) is 11.3 Å². The van der Waals surface area contributed by atoms with E-state index >= 15 is 0 Å². The molecule has 0 saturated carbocycles. The van der Waals surface area contributed by atoms with E-state index in [0.717, 1.165) is 26.2 Å². The number of nitrogens with zero attached hydrogens (tertiary/aromatic N) is 3. The molecule has 6 nitrogen and oxygen atoms in total. The third kappa shape index (κ3) is 5.47. The number of nitrogens with one attached hydrogen (secondary N) is 1. The van der Waals surface area contributed by atoms with E-state index in [9.17, 15) is 4.79 Å². The lowest BCUT2D eigenvalue weighted by Gasteiger charge is -2.25. The molecule has 1 amide bonds. The minimum atomic E-state index is -0.545. The van der Waals surface area contributed by atoms with Crippen LogP contribution in [0.2, 0.25) is 0 Å². The number of likely N-dealkylation sites (N-methyl/N-ethyl adjacent to an activating group) is 1. The molecule has 0 bridgehead atoms. The zero-order chi connectivity index (χ0) is 16.0. The minimum absolute atomic E-state index is 0.175. The maximum Gasteiger partial charge on any atom is 0.241 e. The largest absolute Gasteiger partial charge is 0.322 e. The molecular weight excluding hydrogens is 266 g/mol. The first-order valence-electron chi connectivity index (χ1n) is 7.59. The van der Waals surface area contributed by atoms with Crippen LogP contribution in [0.4, 0.5) is 5.69 Å². The van der Waals surface area contributed by atoms with E-state index in [2.05, 4.69) is 29.2 Å². The second-order valence-electron chi connectivity index (χ2n) is 6.35. The number of amides is 1. The summed E-state index contributed by atoms with van der Waals surface area (Å²) in [5.74, 6) is -0.175. The summed E-state index contributed by atoms with van der Waals surface area (Å²) in [7, 11) is 0. The predicted octanol–water partition coefficient (Wildman–Crippen LogP) is 1.54. The van der Waals surface area contributed by atoms with Gasteiger partial charge >= 0.3 is 0 Å². The van der Waals surface area contributed by atoms with Gasteiger partial charge in [0.1, 0.15) is 0 Å². The molecule has 6 heteroatoms. The third-order valence-electron chi connectivity index (χ3n) is 3.66. The van der Waals surface area contributed by atoms with Crippen LogP contribution >= 0.6 is 0 Å². The molecule has 0 unspecified atom stereocenters. The minimum Gasteiger partial charge on any atom is -0.322 e. The summed E-state index contributed by atoms with van der Waals surface area (Å²) in [5, 5.41) is 7.09. The molecule has 3 N–H and O–H groups in total. The molecular formula is C15H29N5O. The summed E-state index contributed by atoms with van der Waals surface area (Å²) in [6.07, 6.45) is 3.51. The first-order chi connectivity index (χ1) is 9.77. The second kappa shape index (κ2) is 7.56. The molecule has 1 heterocycles. The number of nitrogens with two attached hydrogens (primary N) is 1. The van der Waals surface area contributed by atoms with Crippen molar-refractivity contribution in [2.75, 3.05) is 25.0 Å². The maximum absolute atomic E-state index is 12.0. The van der Waals surface area contributed by atoms with Crippen LogP contribution < -0.4 is 11.1 Å². The molecule has 1 rings (SSSR count). The molecule has 0 fully saturated rings. The fourth-order valence-electron chi connectivity index (χ4n) is 1.95. The molecule has 1 atom stereocenters. The molecule has 0 aromatic carbocycles. The smallest absolute Gasteiger partial charge is 0.241 e. The van der Waals surface area contributed by atoms with Crippen LogP contribution in [0.3, 0.4) is 0 Å². The summed E-state index contributed by atoms with van der Waals surface area (Å²) >= 11 is 0. The van der Waals surface area contributed by atoms with Gasteiger partial charge in [0.25, 0.3) is 0 Å². The Bertz CT molecular complexity index is 445. The molecule has 0 aliphatic heterocycles. The normalized spacial score (nSPS) is 13.5. The molecule has 0 radical (unpaired) electrons. The highest BCUT2D eigenvalue weighted by molar-refractivity contribution is 5.94. The maximum atomic E-state index is 12.0. The van der Waals surface area contributed by atoms with Crippen LogP contribution in [-0.4, -0.2) is 46.3 Å².